The van der Waals surface area contributed by atoms with E-state index >= 15 is 0 Å². The van der Waals surface area contributed by atoms with Gasteiger partial charge in [0, 0.05) is 30.5 Å². The summed E-state index contributed by atoms with van der Waals surface area (Å²) in [5, 5.41) is 10.2. The fraction of sp³-hybridized carbons (Fsp3) is 0.318. The number of aromatic nitrogens is 3. The number of amides is 1. The Morgan fingerprint density at radius 1 is 1.14 bits per heavy atom. The lowest BCUT2D eigenvalue weighted by Gasteiger charge is -2.25. The van der Waals surface area contributed by atoms with E-state index in [4.69, 9.17) is 12.2 Å². The molecule has 3 aromatic rings. The zero-order valence-electron chi connectivity index (χ0n) is 16.5. The van der Waals surface area contributed by atoms with Crippen LogP contribution in [0.15, 0.2) is 54.6 Å². The maximum Gasteiger partial charge on any atom is 0.221 e. The zero-order chi connectivity index (χ0) is 20.1. The number of nitrogens with zero attached hydrogens (tertiary/aromatic N) is 2. The van der Waals surface area contributed by atoms with Crippen molar-refractivity contribution >= 4 is 18.1 Å². The molecule has 1 heterocycles. The SMILES string of the molecule is Cc1ccc(-c2n[nH]c(=S)n2CCC(=O)NCC(C)(C)c2ccccc2)cc1. The summed E-state index contributed by atoms with van der Waals surface area (Å²) in [6.07, 6.45) is 0.345. The maximum atomic E-state index is 12.4. The average molecular weight is 395 g/mol. The highest BCUT2D eigenvalue weighted by Crippen LogP contribution is 2.22. The highest BCUT2D eigenvalue weighted by atomic mass is 32.1. The van der Waals surface area contributed by atoms with Gasteiger partial charge in [-0.15, -0.1) is 0 Å². The Hall–Kier alpha value is -2.73. The lowest BCUT2D eigenvalue weighted by Crippen LogP contribution is -2.37. The molecule has 0 spiro atoms. The first-order valence-corrected chi connectivity index (χ1v) is 9.82. The van der Waals surface area contributed by atoms with Crippen LogP contribution in [-0.2, 0) is 16.8 Å². The van der Waals surface area contributed by atoms with Crippen molar-refractivity contribution in [3.8, 4) is 11.4 Å². The molecule has 0 atom stereocenters. The van der Waals surface area contributed by atoms with Crippen molar-refractivity contribution < 1.29 is 4.79 Å². The molecule has 5 nitrogen and oxygen atoms in total. The molecule has 0 aliphatic rings. The maximum absolute atomic E-state index is 12.4. The number of hydrogen-bond donors (Lipinski definition) is 2. The van der Waals surface area contributed by atoms with Crippen LogP contribution in [0.3, 0.4) is 0 Å². The first-order chi connectivity index (χ1) is 13.4. The normalized spacial score (nSPS) is 11.4. The van der Waals surface area contributed by atoms with Crippen LogP contribution in [0.4, 0.5) is 0 Å². The van der Waals surface area contributed by atoms with Crippen molar-refractivity contribution in [2.24, 2.45) is 0 Å². The molecule has 146 valence electrons. The molecule has 0 fully saturated rings. The molecule has 0 bridgehead atoms. The van der Waals surface area contributed by atoms with E-state index in [1.54, 1.807) is 0 Å². The number of hydrogen-bond acceptors (Lipinski definition) is 3. The Morgan fingerprint density at radius 2 is 1.82 bits per heavy atom. The van der Waals surface area contributed by atoms with E-state index in [1.807, 2.05) is 54.0 Å². The van der Waals surface area contributed by atoms with Crippen LogP contribution in [0.25, 0.3) is 11.4 Å². The van der Waals surface area contributed by atoms with Crippen molar-refractivity contribution in [3.05, 3.63) is 70.5 Å². The third kappa shape index (κ3) is 4.75. The van der Waals surface area contributed by atoms with Gasteiger partial charge in [-0.25, -0.2) is 0 Å². The molecular formula is C22H26N4OS. The molecule has 0 aliphatic heterocycles. The van der Waals surface area contributed by atoms with Gasteiger partial charge in [-0.1, -0.05) is 74.0 Å². The molecule has 0 saturated heterocycles. The predicted octanol–water partition coefficient (Wildman–Crippen LogP) is 4.40. The minimum absolute atomic E-state index is 0.00182. The Kier molecular flexibility index (Phi) is 6.09. The van der Waals surface area contributed by atoms with E-state index in [0.29, 0.717) is 24.3 Å². The number of rotatable bonds is 7. The van der Waals surface area contributed by atoms with Gasteiger partial charge in [-0.3, -0.25) is 14.5 Å². The lowest BCUT2D eigenvalue weighted by atomic mass is 9.84. The van der Waals surface area contributed by atoms with Gasteiger partial charge in [0.2, 0.25) is 5.91 Å². The number of aryl methyl sites for hydroxylation is 1. The highest BCUT2D eigenvalue weighted by molar-refractivity contribution is 7.71. The largest absolute Gasteiger partial charge is 0.355 e. The molecule has 0 radical (unpaired) electrons. The molecule has 6 heteroatoms. The topological polar surface area (TPSA) is 62.7 Å². The summed E-state index contributed by atoms with van der Waals surface area (Å²) in [5.41, 5.74) is 3.23. The summed E-state index contributed by atoms with van der Waals surface area (Å²) < 4.78 is 2.40. The highest BCUT2D eigenvalue weighted by Gasteiger charge is 2.21. The molecule has 0 saturated carbocycles. The second kappa shape index (κ2) is 8.52. The summed E-state index contributed by atoms with van der Waals surface area (Å²) in [7, 11) is 0. The van der Waals surface area contributed by atoms with Gasteiger partial charge in [-0.05, 0) is 24.7 Å². The third-order valence-corrected chi connectivity index (χ3v) is 5.22. The Bertz CT molecular complexity index is 987. The second-order valence-electron chi connectivity index (χ2n) is 7.65. The average Bonchev–Trinajstić information content (AvgIpc) is 3.06. The van der Waals surface area contributed by atoms with Crippen molar-refractivity contribution in [2.45, 2.75) is 39.2 Å². The van der Waals surface area contributed by atoms with Gasteiger partial charge >= 0.3 is 0 Å². The first kappa shape index (κ1) is 20.0. The number of aromatic amines is 1. The van der Waals surface area contributed by atoms with Crippen LogP contribution in [0.2, 0.25) is 0 Å². The van der Waals surface area contributed by atoms with Gasteiger partial charge in [0.05, 0.1) is 0 Å². The van der Waals surface area contributed by atoms with Gasteiger partial charge in [0.25, 0.3) is 0 Å². The van der Waals surface area contributed by atoms with E-state index in [-0.39, 0.29) is 11.3 Å². The lowest BCUT2D eigenvalue weighted by molar-refractivity contribution is -0.121. The van der Waals surface area contributed by atoms with Gasteiger partial charge in [0.15, 0.2) is 10.6 Å². The Labute approximate surface area is 170 Å². The fourth-order valence-corrected chi connectivity index (χ4v) is 3.28. The van der Waals surface area contributed by atoms with E-state index in [1.165, 1.54) is 11.1 Å². The van der Waals surface area contributed by atoms with E-state index < -0.39 is 0 Å². The van der Waals surface area contributed by atoms with E-state index in [9.17, 15) is 4.79 Å². The Balaban J connectivity index is 1.62. The summed E-state index contributed by atoms with van der Waals surface area (Å²) in [6.45, 7) is 7.37. The van der Waals surface area contributed by atoms with Crippen molar-refractivity contribution in [3.63, 3.8) is 0 Å². The third-order valence-electron chi connectivity index (χ3n) is 4.91. The van der Waals surface area contributed by atoms with Crippen LogP contribution in [0.5, 0.6) is 0 Å². The smallest absolute Gasteiger partial charge is 0.221 e. The number of carbonyl (C=O) groups excluding carboxylic acids is 1. The number of carbonyl (C=O) groups is 1. The molecular weight excluding hydrogens is 368 g/mol. The molecule has 2 aromatic carbocycles. The first-order valence-electron chi connectivity index (χ1n) is 9.41. The monoisotopic (exact) mass is 394 g/mol. The fourth-order valence-electron chi connectivity index (χ4n) is 3.06. The van der Waals surface area contributed by atoms with Crippen molar-refractivity contribution in [2.75, 3.05) is 6.54 Å². The Morgan fingerprint density at radius 3 is 2.50 bits per heavy atom. The van der Waals surface area contributed by atoms with E-state index in [2.05, 4.69) is 41.5 Å². The van der Waals surface area contributed by atoms with Crippen LogP contribution >= 0.6 is 12.2 Å². The van der Waals surface area contributed by atoms with Crippen molar-refractivity contribution in [1.29, 1.82) is 0 Å². The molecule has 0 aliphatic carbocycles. The molecule has 2 N–H and O–H groups in total. The summed E-state index contributed by atoms with van der Waals surface area (Å²) >= 11 is 5.35. The summed E-state index contributed by atoms with van der Waals surface area (Å²) in [4.78, 5) is 12.4. The van der Waals surface area contributed by atoms with Crippen molar-refractivity contribution in [1.82, 2.24) is 20.1 Å². The van der Waals surface area contributed by atoms with Crippen LogP contribution in [0, 0.1) is 11.7 Å². The summed E-state index contributed by atoms with van der Waals surface area (Å²) in [5.74, 6) is 0.754. The molecule has 3 rings (SSSR count). The second-order valence-corrected chi connectivity index (χ2v) is 8.03. The van der Waals surface area contributed by atoms with Gasteiger partial charge < -0.3 is 5.32 Å². The minimum Gasteiger partial charge on any atom is -0.355 e. The molecule has 1 amide bonds. The van der Waals surface area contributed by atoms with E-state index in [0.717, 1.165) is 11.4 Å². The van der Waals surface area contributed by atoms with Gasteiger partial charge in [-0.2, -0.15) is 5.10 Å². The number of H-pyrrole nitrogens is 1. The van der Waals surface area contributed by atoms with Gasteiger partial charge in [0.1, 0.15) is 0 Å². The van der Waals surface area contributed by atoms with Crippen LogP contribution in [-0.4, -0.2) is 27.2 Å². The standard InChI is InChI=1S/C22H26N4OS/c1-16-9-11-17(12-10-16)20-24-25-21(28)26(20)14-13-19(27)23-15-22(2,3)18-7-5-4-6-8-18/h4-12H,13-15H2,1-3H3,(H,23,27)(H,25,28). The predicted molar refractivity (Wildman–Crippen MR) is 115 cm³/mol. The minimum atomic E-state index is -0.129. The molecule has 28 heavy (non-hydrogen) atoms. The molecule has 1 aromatic heterocycles. The zero-order valence-corrected chi connectivity index (χ0v) is 17.3. The summed E-state index contributed by atoms with van der Waals surface area (Å²) in [6, 6.07) is 18.3. The quantitative estimate of drug-likeness (QED) is 0.584. The molecule has 0 unspecified atom stereocenters. The van der Waals surface area contributed by atoms with Crippen LogP contribution in [0.1, 0.15) is 31.4 Å². The van der Waals surface area contributed by atoms with Crippen LogP contribution < -0.4 is 5.32 Å². The number of nitrogens with one attached hydrogen (secondary N) is 2. The number of benzene rings is 2.